The topological polar surface area (TPSA) is 9.23 Å². The van der Waals surface area contributed by atoms with Crippen molar-refractivity contribution in [3.63, 3.8) is 0 Å². The molecule has 0 N–H and O–H groups in total. The third-order valence-electron chi connectivity index (χ3n) is 2.31. The average Bonchev–Trinajstić information content (AvgIpc) is 2.46. The van der Waals surface area contributed by atoms with Gasteiger partial charge in [0.1, 0.15) is 0 Å². The fourth-order valence-electron chi connectivity index (χ4n) is 1.72. The SMILES string of the molecule is ClCCOC1[C@H]2C=CC[C@@H]12. The van der Waals surface area contributed by atoms with Crippen LogP contribution in [0.1, 0.15) is 6.42 Å². The number of rotatable bonds is 3. The molecule has 1 fully saturated rings. The zero-order chi connectivity index (χ0) is 6.97. The van der Waals surface area contributed by atoms with Crippen LogP contribution in [0.25, 0.3) is 0 Å². The van der Waals surface area contributed by atoms with E-state index in [0.29, 0.717) is 18.6 Å². The van der Waals surface area contributed by atoms with E-state index in [1.165, 1.54) is 6.42 Å². The van der Waals surface area contributed by atoms with Crippen molar-refractivity contribution in [3.05, 3.63) is 12.2 Å². The maximum absolute atomic E-state index is 5.49. The van der Waals surface area contributed by atoms with E-state index in [2.05, 4.69) is 12.2 Å². The second-order valence-electron chi connectivity index (χ2n) is 2.93. The maximum Gasteiger partial charge on any atom is 0.0679 e. The molecule has 0 spiro atoms. The summed E-state index contributed by atoms with van der Waals surface area (Å²) in [6.07, 6.45) is 6.25. The Hall–Kier alpha value is -0.0100. The maximum atomic E-state index is 5.49. The molecular weight excluding hydrogens is 148 g/mol. The third-order valence-corrected chi connectivity index (χ3v) is 2.46. The Morgan fingerprint density at radius 1 is 1.60 bits per heavy atom. The van der Waals surface area contributed by atoms with Crippen molar-refractivity contribution >= 4 is 11.6 Å². The summed E-state index contributed by atoms with van der Waals surface area (Å²) in [4.78, 5) is 0. The molecule has 2 rings (SSSR count). The molecule has 2 aliphatic rings. The minimum absolute atomic E-state index is 0.517. The molecule has 0 saturated heterocycles. The van der Waals surface area contributed by atoms with Crippen molar-refractivity contribution in [2.75, 3.05) is 12.5 Å². The predicted molar refractivity (Wildman–Crippen MR) is 41.2 cm³/mol. The average molecular weight is 159 g/mol. The van der Waals surface area contributed by atoms with Crippen molar-refractivity contribution in [1.82, 2.24) is 0 Å². The summed E-state index contributed by atoms with van der Waals surface area (Å²) in [6, 6.07) is 0. The van der Waals surface area contributed by atoms with Crippen LogP contribution in [0.3, 0.4) is 0 Å². The summed E-state index contributed by atoms with van der Waals surface area (Å²) in [5, 5.41) is 0. The van der Waals surface area contributed by atoms with Gasteiger partial charge in [-0.05, 0) is 12.3 Å². The Kier molecular flexibility index (Phi) is 1.71. The highest BCUT2D eigenvalue weighted by molar-refractivity contribution is 6.17. The molecule has 56 valence electrons. The first kappa shape index (κ1) is 6.68. The predicted octanol–water partition coefficient (Wildman–Crippen LogP) is 1.82. The van der Waals surface area contributed by atoms with Gasteiger partial charge in [0.2, 0.25) is 0 Å². The van der Waals surface area contributed by atoms with Crippen LogP contribution in [-0.2, 0) is 4.74 Å². The van der Waals surface area contributed by atoms with Gasteiger partial charge in [-0.2, -0.15) is 0 Å². The second kappa shape index (κ2) is 2.55. The fraction of sp³-hybridized carbons (Fsp3) is 0.750. The summed E-state index contributed by atoms with van der Waals surface area (Å²) in [5.74, 6) is 2.17. The molecule has 0 aromatic carbocycles. The van der Waals surface area contributed by atoms with Crippen LogP contribution in [0.5, 0.6) is 0 Å². The van der Waals surface area contributed by atoms with E-state index in [1.54, 1.807) is 0 Å². The fourth-order valence-corrected chi connectivity index (χ4v) is 1.81. The van der Waals surface area contributed by atoms with E-state index in [4.69, 9.17) is 16.3 Å². The number of alkyl halides is 1. The molecular formula is C8H11ClO. The van der Waals surface area contributed by atoms with Crippen LogP contribution in [0.2, 0.25) is 0 Å². The van der Waals surface area contributed by atoms with Gasteiger partial charge in [0.15, 0.2) is 0 Å². The molecule has 0 amide bonds. The van der Waals surface area contributed by atoms with Gasteiger partial charge in [-0.25, -0.2) is 0 Å². The molecule has 2 heteroatoms. The molecule has 0 heterocycles. The van der Waals surface area contributed by atoms with E-state index in [9.17, 15) is 0 Å². The molecule has 0 aromatic heterocycles. The molecule has 0 radical (unpaired) electrons. The quantitative estimate of drug-likeness (QED) is 0.450. The summed E-state index contributed by atoms with van der Waals surface area (Å²) < 4.78 is 5.49. The standard InChI is InChI=1S/C8H11ClO/c9-4-5-10-8-6-2-1-3-7(6)8/h1-2,6-8H,3-5H2/t6-,7+,8?/m0/s1. The van der Waals surface area contributed by atoms with Gasteiger partial charge in [0.25, 0.3) is 0 Å². The number of hydrogen-bond donors (Lipinski definition) is 0. The van der Waals surface area contributed by atoms with E-state index < -0.39 is 0 Å². The molecule has 2 aliphatic carbocycles. The Labute approximate surface area is 66.0 Å². The number of halogens is 1. The van der Waals surface area contributed by atoms with Crippen LogP contribution >= 0.6 is 11.6 Å². The van der Waals surface area contributed by atoms with Crippen LogP contribution in [0.4, 0.5) is 0 Å². The minimum atomic E-state index is 0.517. The lowest BCUT2D eigenvalue weighted by Gasteiger charge is -1.99. The van der Waals surface area contributed by atoms with E-state index in [0.717, 1.165) is 11.8 Å². The zero-order valence-corrected chi connectivity index (χ0v) is 6.55. The summed E-state index contributed by atoms with van der Waals surface area (Å²) in [6.45, 7) is 0.715. The normalized spacial score (nSPS) is 41.9. The van der Waals surface area contributed by atoms with Gasteiger partial charge in [-0.15, -0.1) is 11.6 Å². The lowest BCUT2D eigenvalue weighted by Crippen LogP contribution is -2.01. The Balaban J connectivity index is 1.74. The summed E-state index contributed by atoms with van der Waals surface area (Å²) in [5.41, 5.74) is 0. The molecule has 1 nitrogen and oxygen atoms in total. The van der Waals surface area contributed by atoms with E-state index in [1.807, 2.05) is 0 Å². The van der Waals surface area contributed by atoms with Gasteiger partial charge < -0.3 is 4.74 Å². The summed E-state index contributed by atoms with van der Waals surface area (Å²) >= 11 is 5.49. The lowest BCUT2D eigenvalue weighted by atomic mass is 10.3. The minimum Gasteiger partial charge on any atom is -0.376 e. The second-order valence-corrected chi connectivity index (χ2v) is 3.31. The molecule has 1 unspecified atom stereocenters. The van der Waals surface area contributed by atoms with Crippen LogP contribution in [0, 0.1) is 11.8 Å². The highest BCUT2D eigenvalue weighted by Crippen LogP contribution is 2.49. The highest BCUT2D eigenvalue weighted by Gasteiger charge is 2.50. The van der Waals surface area contributed by atoms with Crippen molar-refractivity contribution in [1.29, 1.82) is 0 Å². The number of hydrogen-bond acceptors (Lipinski definition) is 1. The lowest BCUT2D eigenvalue weighted by molar-refractivity contribution is 0.117. The molecule has 0 bridgehead atoms. The summed E-state index contributed by atoms with van der Waals surface area (Å²) in [7, 11) is 0. The van der Waals surface area contributed by atoms with Crippen molar-refractivity contribution in [2.24, 2.45) is 11.8 Å². The van der Waals surface area contributed by atoms with Gasteiger partial charge in [0, 0.05) is 11.8 Å². The van der Waals surface area contributed by atoms with Crippen molar-refractivity contribution < 1.29 is 4.74 Å². The Bertz CT molecular complexity index is 155. The van der Waals surface area contributed by atoms with Crippen LogP contribution in [-0.4, -0.2) is 18.6 Å². The highest BCUT2D eigenvalue weighted by atomic mass is 35.5. The van der Waals surface area contributed by atoms with Gasteiger partial charge in [0.05, 0.1) is 12.7 Å². The van der Waals surface area contributed by atoms with E-state index >= 15 is 0 Å². The zero-order valence-electron chi connectivity index (χ0n) is 5.79. The molecule has 3 atom stereocenters. The number of allylic oxidation sites excluding steroid dienone is 1. The van der Waals surface area contributed by atoms with Crippen molar-refractivity contribution in [3.8, 4) is 0 Å². The number of fused-ring (bicyclic) bond motifs is 1. The van der Waals surface area contributed by atoms with Crippen LogP contribution < -0.4 is 0 Å². The Morgan fingerprint density at radius 3 is 3.10 bits per heavy atom. The first-order valence-electron chi connectivity index (χ1n) is 3.77. The third kappa shape index (κ3) is 0.977. The monoisotopic (exact) mass is 158 g/mol. The molecule has 1 saturated carbocycles. The van der Waals surface area contributed by atoms with E-state index in [-0.39, 0.29) is 0 Å². The first-order valence-corrected chi connectivity index (χ1v) is 4.31. The molecule has 10 heavy (non-hydrogen) atoms. The van der Waals surface area contributed by atoms with Crippen LogP contribution in [0.15, 0.2) is 12.2 Å². The number of ether oxygens (including phenoxy) is 1. The van der Waals surface area contributed by atoms with Crippen molar-refractivity contribution in [2.45, 2.75) is 12.5 Å². The molecule has 0 aromatic rings. The first-order chi connectivity index (χ1) is 4.93. The van der Waals surface area contributed by atoms with Gasteiger partial charge in [-0.3, -0.25) is 0 Å². The molecule has 0 aliphatic heterocycles. The Morgan fingerprint density at radius 2 is 2.50 bits per heavy atom. The van der Waals surface area contributed by atoms with Gasteiger partial charge in [-0.1, -0.05) is 12.2 Å². The smallest absolute Gasteiger partial charge is 0.0679 e. The van der Waals surface area contributed by atoms with Gasteiger partial charge >= 0.3 is 0 Å². The largest absolute Gasteiger partial charge is 0.376 e.